The van der Waals surface area contributed by atoms with Crippen molar-refractivity contribution >= 4 is 12.0 Å². The average molecular weight is 254 g/mol. The van der Waals surface area contributed by atoms with Gasteiger partial charge in [0.05, 0.1) is 6.10 Å². The fourth-order valence-electron chi connectivity index (χ4n) is 1.11. The van der Waals surface area contributed by atoms with E-state index in [0.717, 1.165) is 0 Å². The van der Waals surface area contributed by atoms with Gasteiger partial charge in [0.2, 0.25) is 5.95 Å². The minimum absolute atomic E-state index is 0.0855. The number of carbonyl (C=O) groups excluding carboxylic acids is 1. The number of hydrogen-bond acceptors (Lipinski definition) is 6. The number of amides is 1. The molecule has 0 aliphatic heterocycles. The molecular formula is C11H18N4O3. The first-order chi connectivity index (χ1) is 8.31. The molecule has 0 fully saturated rings. The van der Waals surface area contributed by atoms with Crippen LogP contribution in [0.2, 0.25) is 0 Å². The van der Waals surface area contributed by atoms with Gasteiger partial charge in [0, 0.05) is 24.5 Å². The molecule has 7 heteroatoms. The number of aliphatic hydroxyl groups excluding tert-OH is 1. The van der Waals surface area contributed by atoms with E-state index in [9.17, 15) is 9.90 Å². The van der Waals surface area contributed by atoms with Crippen molar-refractivity contribution in [1.82, 2.24) is 9.97 Å². The van der Waals surface area contributed by atoms with Crippen LogP contribution < -0.4 is 11.1 Å². The number of nitrogens with one attached hydrogen (secondary N) is 1. The highest BCUT2D eigenvalue weighted by atomic mass is 16.6. The summed E-state index contributed by atoms with van der Waals surface area (Å²) in [6, 6.07) is 0. The number of carbonyl (C=O) groups is 1. The topological polar surface area (TPSA) is 110 Å². The zero-order valence-electron chi connectivity index (χ0n) is 10.7. The fourth-order valence-corrected chi connectivity index (χ4v) is 1.11. The van der Waals surface area contributed by atoms with Crippen molar-refractivity contribution in [3.8, 4) is 0 Å². The van der Waals surface area contributed by atoms with Crippen LogP contribution in [0.1, 0.15) is 32.4 Å². The van der Waals surface area contributed by atoms with E-state index in [2.05, 4.69) is 15.3 Å². The Bertz CT molecular complexity index is 400. The van der Waals surface area contributed by atoms with Gasteiger partial charge < -0.3 is 15.6 Å². The molecular weight excluding hydrogens is 236 g/mol. The number of rotatable bonds is 3. The molecule has 0 unspecified atom stereocenters. The Morgan fingerprint density at radius 2 is 2.06 bits per heavy atom. The number of anilines is 1. The van der Waals surface area contributed by atoms with Gasteiger partial charge in [-0.05, 0) is 20.8 Å². The van der Waals surface area contributed by atoms with E-state index < -0.39 is 17.8 Å². The second kappa shape index (κ2) is 5.74. The van der Waals surface area contributed by atoms with Crippen LogP contribution in [0.15, 0.2) is 12.4 Å². The quantitative estimate of drug-likeness (QED) is 0.736. The first-order valence-corrected chi connectivity index (χ1v) is 5.52. The summed E-state index contributed by atoms with van der Waals surface area (Å²) in [6.07, 6.45) is 1.37. The van der Waals surface area contributed by atoms with E-state index in [-0.39, 0.29) is 12.5 Å². The third-order valence-electron chi connectivity index (χ3n) is 1.89. The zero-order chi connectivity index (χ0) is 13.8. The van der Waals surface area contributed by atoms with Gasteiger partial charge in [0.25, 0.3) is 0 Å². The van der Waals surface area contributed by atoms with E-state index >= 15 is 0 Å². The lowest BCUT2D eigenvalue weighted by atomic mass is 10.2. The Kier molecular flexibility index (Phi) is 4.57. The highest BCUT2D eigenvalue weighted by Gasteiger charge is 2.17. The van der Waals surface area contributed by atoms with Crippen molar-refractivity contribution in [2.75, 3.05) is 11.9 Å². The van der Waals surface area contributed by atoms with Gasteiger partial charge in [-0.2, -0.15) is 0 Å². The maximum Gasteiger partial charge on any atom is 0.414 e. The van der Waals surface area contributed by atoms with Crippen molar-refractivity contribution in [2.45, 2.75) is 32.5 Å². The molecule has 7 nitrogen and oxygen atoms in total. The molecule has 0 aromatic carbocycles. The molecule has 0 aliphatic carbocycles. The Balaban J connectivity index is 2.61. The first-order valence-electron chi connectivity index (χ1n) is 5.52. The molecule has 100 valence electrons. The van der Waals surface area contributed by atoms with Gasteiger partial charge in [-0.25, -0.2) is 14.8 Å². The summed E-state index contributed by atoms with van der Waals surface area (Å²) in [5.74, 6) is 0.109. The molecule has 0 spiro atoms. The fraction of sp³-hybridized carbons (Fsp3) is 0.545. The molecule has 1 heterocycles. The lowest BCUT2D eigenvalue weighted by molar-refractivity contribution is 0.0634. The average Bonchev–Trinajstić information content (AvgIpc) is 2.26. The van der Waals surface area contributed by atoms with Crippen molar-refractivity contribution < 1.29 is 14.6 Å². The number of aromatic nitrogens is 2. The summed E-state index contributed by atoms with van der Waals surface area (Å²) in [5.41, 5.74) is 5.21. The summed E-state index contributed by atoms with van der Waals surface area (Å²) < 4.78 is 5.04. The van der Waals surface area contributed by atoms with Crippen molar-refractivity contribution in [1.29, 1.82) is 0 Å². The summed E-state index contributed by atoms with van der Waals surface area (Å²) in [5, 5.41) is 11.8. The normalized spacial score (nSPS) is 12.9. The monoisotopic (exact) mass is 254 g/mol. The number of nitrogens with zero attached hydrogens (tertiary/aromatic N) is 2. The maximum atomic E-state index is 11.4. The smallest absolute Gasteiger partial charge is 0.414 e. The third kappa shape index (κ3) is 4.64. The lowest BCUT2D eigenvalue weighted by Gasteiger charge is -2.19. The summed E-state index contributed by atoms with van der Waals surface area (Å²) in [4.78, 5) is 19.2. The van der Waals surface area contributed by atoms with Gasteiger partial charge in [0.15, 0.2) is 0 Å². The molecule has 18 heavy (non-hydrogen) atoms. The van der Waals surface area contributed by atoms with Crippen molar-refractivity contribution in [2.24, 2.45) is 5.73 Å². The number of ether oxygens (including phenoxy) is 1. The van der Waals surface area contributed by atoms with Gasteiger partial charge in [-0.3, -0.25) is 5.32 Å². The molecule has 0 bridgehead atoms. The molecule has 0 aliphatic rings. The second-order valence-corrected chi connectivity index (χ2v) is 4.72. The van der Waals surface area contributed by atoms with Gasteiger partial charge >= 0.3 is 6.09 Å². The predicted molar refractivity (Wildman–Crippen MR) is 65.9 cm³/mol. The molecule has 1 atom stereocenters. The number of hydrogen-bond donors (Lipinski definition) is 3. The SMILES string of the molecule is CC(C)(C)OC(=O)Nc1ncc([C@@H](O)CN)cn1. The van der Waals surface area contributed by atoms with E-state index in [1.165, 1.54) is 12.4 Å². The van der Waals surface area contributed by atoms with Crippen LogP contribution in [0.25, 0.3) is 0 Å². The van der Waals surface area contributed by atoms with Crippen LogP contribution in [-0.4, -0.2) is 33.3 Å². The first kappa shape index (κ1) is 14.3. The van der Waals surface area contributed by atoms with Crippen LogP contribution in [-0.2, 0) is 4.74 Å². The predicted octanol–water partition coefficient (Wildman–Crippen LogP) is 0.816. The Labute approximate surface area is 105 Å². The molecule has 0 saturated carbocycles. The van der Waals surface area contributed by atoms with E-state index in [1.54, 1.807) is 20.8 Å². The van der Waals surface area contributed by atoms with Crippen molar-refractivity contribution in [3.05, 3.63) is 18.0 Å². The lowest BCUT2D eigenvalue weighted by Crippen LogP contribution is -2.27. The van der Waals surface area contributed by atoms with E-state index in [0.29, 0.717) is 5.56 Å². The number of nitrogens with two attached hydrogens (primary N) is 1. The Morgan fingerprint density at radius 3 is 2.50 bits per heavy atom. The summed E-state index contributed by atoms with van der Waals surface area (Å²) in [7, 11) is 0. The van der Waals surface area contributed by atoms with Gasteiger partial charge in [-0.15, -0.1) is 0 Å². The molecule has 1 aromatic heterocycles. The second-order valence-electron chi connectivity index (χ2n) is 4.72. The van der Waals surface area contributed by atoms with Crippen LogP contribution in [0, 0.1) is 0 Å². The van der Waals surface area contributed by atoms with Crippen LogP contribution >= 0.6 is 0 Å². The molecule has 1 aromatic rings. The number of aliphatic hydroxyl groups is 1. The van der Waals surface area contributed by atoms with Gasteiger partial charge in [-0.1, -0.05) is 0 Å². The zero-order valence-corrected chi connectivity index (χ0v) is 10.7. The standard InChI is InChI=1S/C11H18N4O3/c1-11(2,3)18-10(17)15-9-13-5-7(6-14-9)8(16)4-12/h5-6,8,16H,4,12H2,1-3H3,(H,13,14,15,17)/t8-/m0/s1. The minimum atomic E-state index is -0.805. The largest absolute Gasteiger partial charge is 0.444 e. The Hall–Kier alpha value is -1.73. The molecule has 0 saturated heterocycles. The molecule has 1 rings (SSSR count). The highest BCUT2D eigenvalue weighted by molar-refractivity contribution is 5.82. The third-order valence-corrected chi connectivity index (χ3v) is 1.89. The summed E-state index contributed by atoms with van der Waals surface area (Å²) in [6.45, 7) is 5.36. The van der Waals surface area contributed by atoms with Crippen LogP contribution in [0.4, 0.5) is 10.7 Å². The summed E-state index contributed by atoms with van der Waals surface area (Å²) >= 11 is 0. The molecule has 0 radical (unpaired) electrons. The van der Waals surface area contributed by atoms with Crippen LogP contribution in [0.5, 0.6) is 0 Å². The van der Waals surface area contributed by atoms with E-state index in [1.807, 2.05) is 0 Å². The molecule has 4 N–H and O–H groups in total. The van der Waals surface area contributed by atoms with Gasteiger partial charge in [0.1, 0.15) is 5.60 Å². The Morgan fingerprint density at radius 1 is 1.50 bits per heavy atom. The minimum Gasteiger partial charge on any atom is -0.444 e. The van der Waals surface area contributed by atoms with Crippen molar-refractivity contribution in [3.63, 3.8) is 0 Å². The molecule has 1 amide bonds. The highest BCUT2D eigenvalue weighted by Crippen LogP contribution is 2.11. The van der Waals surface area contributed by atoms with Crippen LogP contribution in [0.3, 0.4) is 0 Å². The van der Waals surface area contributed by atoms with E-state index in [4.69, 9.17) is 10.5 Å². The maximum absolute atomic E-state index is 11.4.